The molecule has 0 aliphatic heterocycles. The SMILES string of the molecule is CCC(C)NC(=O)C(CC)N(Cc1ccc(Cl)c(Cl)c1)C(=O)CSCc1ccc(Cl)c(Cl)c1. The van der Waals surface area contributed by atoms with Gasteiger partial charge < -0.3 is 10.2 Å². The number of hydrogen-bond donors (Lipinski definition) is 1. The molecule has 2 aromatic carbocycles. The monoisotopic (exact) mass is 548 g/mol. The van der Waals surface area contributed by atoms with Gasteiger partial charge in [0.2, 0.25) is 11.8 Å². The molecule has 0 aliphatic rings. The lowest BCUT2D eigenvalue weighted by atomic mass is 10.1. The predicted molar refractivity (Wildman–Crippen MR) is 142 cm³/mol. The van der Waals surface area contributed by atoms with E-state index in [4.69, 9.17) is 46.4 Å². The summed E-state index contributed by atoms with van der Waals surface area (Å²) in [7, 11) is 0. The lowest BCUT2D eigenvalue weighted by Gasteiger charge is -2.31. The molecule has 0 saturated heterocycles. The van der Waals surface area contributed by atoms with Crippen molar-refractivity contribution in [2.45, 2.75) is 58.0 Å². The van der Waals surface area contributed by atoms with Crippen LogP contribution in [0.2, 0.25) is 20.1 Å². The topological polar surface area (TPSA) is 49.4 Å². The third-order valence-corrected chi connectivity index (χ3v) is 7.67. The van der Waals surface area contributed by atoms with Gasteiger partial charge in [-0.1, -0.05) is 72.4 Å². The number of carbonyl (C=O) groups excluding carboxylic acids is 2. The predicted octanol–water partition coefficient (Wildman–Crippen LogP) is 7.26. The molecule has 1 N–H and O–H groups in total. The van der Waals surface area contributed by atoms with Gasteiger partial charge in [-0.3, -0.25) is 9.59 Å². The number of rotatable bonds is 11. The van der Waals surface area contributed by atoms with Crippen LogP contribution in [0.25, 0.3) is 0 Å². The van der Waals surface area contributed by atoms with Crippen molar-refractivity contribution in [2.75, 3.05) is 5.75 Å². The van der Waals surface area contributed by atoms with E-state index in [1.165, 1.54) is 11.8 Å². The lowest BCUT2D eigenvalue weighted by Crippen LogP contribution is -2.51. The summed E-state index contributed by atoms with van der Waals surface area (Å²) in [5, 5.41) is 4.83. The first-order chi connectivity index (χ1) is 15.7. The maximum atomic E-state index is 13.3. The molecular formula is C24H28Cl4N2O2S. The summed E-state index contributed by atoms with van der Waals surface area (Å²) in [4.78, 5) is 27.9. The van der Waals surface area contributed by atoms with Gasteiger partial charge in [-0.2, -0.15) is 0 Å². The molecule has 2 aromatic rings. The maximum Gasteiger partial charge on any atom is 0.243 e. The van der Waals surface area contributed by atoms with Crippen LogP contribution >= 0.6 is 58.2 Å². The van der Waals surface area contributed by atoms with Crippen LogP contribution in [0.3, 0.4) is 0 Å². The third kappa shape index (κ3) is 8.56. The largest absolute Gasteiger partial charge is 0.352 e. The normalized spacial score (nSPS) is 12.8. The summed E-state index contributed by atoms with van der Waals surface area (Å²) in [6, 6.07) is 10.1. The maximum absolute atomic E-state index is 13.3. The minimum absolute atomic E-state index is 0.0255. The minimum atomic E-state index is -0.591. The van der Waals surface area contributed by atoms with Crippen LogP contribution in [0.1, 0.15) is 44.7 Å². The smallest absolute Gasteiger partial charge is 0.243 e. The van der Waals surface area contributed by atoms with E-state index in [-0.39, 0.29) is 30.2 Å². The molecule has 9 heteroatoms. The van der Waals surface area contributed by atoms with Gasteiger partial charge in [-0.05, 0) is 55.2 Å². The molecule has 33 heavy (non-hydrogen) atoms. The zero-order valence-electron chi connectivity index (χ0n) is 18.8. The first-order valence-corrected chi connectivity index (χ1v) is 13.4. The molecule has 2 unspecified atom stereocenters. The first-order valence-electron chi connectivity index (χ1n) is 10.7. The molecule has 0 fully saturated rings. The Morgan fingerprint density at radius 3 is 2.03 bits per heavy atom. The second-order valence-electron chi connectivity index (χ2n) is 7.75. The molecule has 0 spiro atoms. The molecule has 2 rings (SSSR count). The zero-order valence-corrected chi connectivity index (χ0v) is 22.7. The van der Waals surface area contributed by atoms with Crippen LogP contribution < -0.4 is 5.32 Å². The molecule has 0 heterocycles. The fourth-order valence-electron chi connectivity index (χ4n) is 3.16. The van der Waals surface area contributed by atoms with Crippen molar-refractivity contribution in [3.63, 3.8) is 0 Å². The van der Waals surface area contributed by atoms with Crippen LogP contribution in [-0.2, 0) is 21.9 Å². The van der Waals surface area contributed by atoms with Crippen LogP contribution in [0.4, 0.5) is 0 Å². The Kier molecular flexibility index (Phi) is 11.7. The van der Waals surface area contributed by atoms with E-state index in [1.54, 1.807) is 29.2 Å². The number of thioether (sulfide) groups is 1. The summed E-state index contributed by atoms with van der Waals surface area (Å²) >= 11 is 25.7. The van der Waals surface area contributed by atoms with E-state index < -0.39 is 6.04 Å². The highest BCUT2D eigenvalue weighted by atomic mass is 35.5. The molecule has 2 amide bonds. The van der Waals surface area contributed by atoms with Crippen molar-refractivity contribution < 1.29 is 9.59 Å². The van der Waals surface area contributed by atoms with Crippen molar-refractivity contribution in [3.8, 4) is 0 Å². The fraction of sp³-hybridized carbons (Fsp3) is 0.417. The van der Waals surface area contributed by atoms with Gasteiger partial charge in [0, 0.05) is 18.3 Å². The van der Waals surface area contributed by atoms with Crippen LogP contribution in [0.5, 0.6) is 0 Å². The number of halogens is 4. The summed E-state index contributed by atoms with van der Waals surface area (Å²) in [6.45, 7) is 6.11. The average molecular weight is 550 g/mol. The van der Waals surface area contributed by atoms with E-state index >= 15 is 0 Å². The van der Waals surface area contributed by atoms with Crippen molar-refractivity contribution in [1.29, 1.82) is 0 Å². The van der Waals surface area contributed by atoms with E-state index in [1.807, 2.05) is 32.9 Å². The van der Waals surface area contributed by atoms with E-state index in [2.05, 4.69) is 5.32 Å². The Morgan fingerprint density at radius 1 is 0.909 bits per heavy atom. The molecular weight excluding hydrogens is 522 g/mol. The molecule has 0 aromatic heterocycles. The summed E-state index contributed by atoms with van der Waals surface area (Å²) < 4.78 is 0. The number of hydrogen-bond acceptors (Lipinski definition) is 3. The van der Waals surface area contributed by atoms with Gasteiger partial charge in [0.15, 0.2) is 0 Å². The standard InChI is InChI=1S/C24H28Cl4N2O2S/c1-4-15(3)29-24(32)22(5-2)30(12-16-6-8-18(25)20(27)10-16)23(31)14-33-13-17-7-9-19(26)21(28)11-17/h6-11,15,22H,4-5,12-14H2,1-3H3,(H,29,32). The van der Waals surface area contributed by atoms with Gasteiger partial charge in [0.1, 0.15) is 6.04 Å². The van der Waals surface area contributed by atoms with Gasteiger partial charge >= 0.3 is 0 Å². The highest BCUT2D eigenvalue weighted by molar-refractivity contribution is 7.99. The molecule has 0 aliphatic carbocycles. The number of amides is 2. The van der Waals surface area contributed by atoms with Crippen LogP contribution in [0, 0.1) is 0 Å². The lowest BCUT2D eigenvalue weighted by molar-refractivity contribution is -0.139. The molecule has 0 bridgehead atoms. The van der Waals surface area contributed by atoms with Gasteiger partial charge in [0.05, 0.1) is 25.8 Å². The second kappa shape index (κ2) is 13.7. The van der Waals surface area contributed by atoms with E-state index in [0.29, 0.717) is 32.3 Å². The minimum Gasteiger partial charge on any atom is -0.352 e. The van der Waals surface area contributed by atoms with Crippen molar-refractivity contribution in [2.24, 2.45) is 0 Å². The van der Waals surface area contributed by atoms with Gasteiger partial charge in [-0.25, -0.2) is 0 Å². The zero-order chi connectivity index (χ0) is 24.5. The summed E-state index contributed by atoms with van der Waals surface area (Å²) in [5.74, 6) is 0.528. The van der Waals surface area contributed by atoms with E-state index in [9.17, 15) is 9.59 Å². The third-order valence-electron chi connectivity index (χ3n) is 5.20. The van der Waals surface area contributed by atoms with Crippen LogP contribution in [-0.4, -0.2) is 34.6 Å². The Labute approximate surface area is 220 Å². The number of carbonyl (C=O) groups is 2. The van der Waals surface area contributed by atoms with Crippen LogP contribution in [0.15, 0.2) is 36.4 Å². The van der Waals surface area contributed by atoms with Crippen molar-refractivity contribution >= 4 is 70.0 Å². The Balaban J connectivity index is 2.17. The highest BCUT2D eigenvalue weighted by Gasteiger charge is 2.29. The Hall–Kier alpha value is -1.11. The van der Waals surface area contributed by atoms with E-state index in [0.717, 1.165) is 17.5 Å². The quantitative estimate of drug-likeness (QED) is 0.321. The van der Waals surface area contributed by atoms with Gasteiger partial charge in [-0.15, -0.1) is 11.8 Å². The molecule has 4 nitrogen and oxygen atoms in total. The Morgan fingerprint density at radius 2 is 1.48 bits per heavy atom. The number of benzene rings is 2. The molecule has 0 saturated carbocycles. The molecule has 180 valence electrons. The summed E-state index contributed by atoms with van der Waals surface area (Å²) in [6.07, 6.45) is 1.30. The summed E-state index contributed by atoms with van der Waals surface area (Å²) in [5.41, 5.74) is 1.78. The average Bonchev–Trinajstić information content (AvgIpc) is 2.78. The number of nitrogens with one attached hydrogen (secondary N) is 1. The number of nitrogens with zero attached hydrogens (tertiary/aromatic N) is 1. The molecule has 2 atom stereocenters. The Bertz CT molecular complexity index is 973. The first kappa shape index (κ1) is 28.1. The van der Waals surface area contributed by atoms with Gasteiger partial charge in [0.25, 0.3) is 0 Å². The second-order valence-corrected chi connectivity index (χ2v) is 10.4. The van der Waals surface area contributed by atoms with Crippen molar-refractivity contribution in [1.82, 2.24) is 10.2 Å². The fourth-order valence-corrected chi connectivity index (χ4v) is 4.66. The van der Waals surface area contributed by atoms with Crippen molar-refractivity contribution in [3.05, 3.63) is 67.6 Å². The molecule has 0 radical (unpaired) electrons. The highest BCUT2D eigenvalue weighted by Crippen LogP contribution is 2.26.